The first-order chi connectivity index (χ1) is 17.5. The van der Waals surface area contributed by atoms with Gasteiger partial charge in [0.15, 0.2) is 11.5 Å². The summed E-state index contributed by atoms with van der Waals surface area (Å²) in [7, 11) is 0. The lowest BCUT2D eigenvalue weighted by atomic mass is 9.98. The highest BCUT2D eigenvalue weighted by atomic mass is 127. The first-order valence-corrected chi connectivity index (χ1v) is 13.5. The van der Waals surface area contributed by atoms with Crippen molar-refractivity contribution in [3.63, 3.8) is 0 Å². The van der Waals surface area contributed by atoms with Gasteiger partial charge < -0.3 is 50.5 Å². The average molecular weight is 745 g/mol. The molecule has 1 amide bonds. The van der Waals surface area contributed by atoms with Gasteiger partial charge in [-0.15, -0.1) is 0 Å². The molecule has 3 rings (SSSR count). The van der Waals surface area contributed by atoms with Crippen LogP contribution in [-0.2, 0) is 16.0 Å². The van der Waals surface area contributed by atoms with Gasteiger partial charge in [-0.3, -0.25) is 9.59 Å². The number of hydrogen-bond acceptors (Lipinski definition) is 11. The summed E-state index contributed by atoms with van der Waals surface area (Å²) in [4.78, 5) is 24.9. The second-order valence-electron chi connectivity index (χ2n) is 8.20. The Kier molecular flexibility index (Phi) is 10.2. The lowest BCUT2D eigenvalue weighted by molar-refractivity contribution is -0.277. The molecule has 14 heteroatoms. The highest BCUT2D eigenvalue weighted by Gasteiger charge is 2.45. The average Bonchev–Trinajstić information content (AvgIpc) is 2.87. The highest BCUT2D eigenvalue weighted by molar-refractivity contribution is 14.1. The molecule has 2 aromatic carbocycles. The molecule has 0 spiro atoms. The normalized spacial score (nSPS) is 23.5. The zero-order chi connectivity index (χ0) is 27.4. The van der Waals surface area contributed by atoms with Crippen molar-refractivity contribution in [2.45, 2.75) is 43.5 Å². The fourth-order valence-corrected chi connectivity index (χ4v) is 4.42. The van der Waals surface area contributed by atoms with E-state index in [4.69, 9.17) is 9.47 Å². The van der Waals surface area contributed by atoms with Gasteiger partial charge in [0, 0.05) is 12.5 Å². The fourth-order valence-electron chi connectivity index (χ4n) is 3.67. The molecule has 5 atom stereocenters. The number of amides is 1. The summed E-state index contributed by atoms with van der Waals surface area (Å²) in [6, 6.07) is 5.40. The number of benzene rings is 2. The predicted molar refractivity (Wildman–Crippen MR) is 145 cm³/mol. The quantitative estimate of drug-likeness (QED) is 0.0780. The van der Waals surface area contributed by atoms with Gasteiger partial charge in [-0.1, -0.05) is 28.7 Å². The summed E-state index contributed by atoms with van der Waals surface area (Å²) in [5, 5.41) is 72.9. The Balaban J connectivity index is 1.86. The Morgan fingerprint density at radius 2 is 1.70 bits per heavy atom. The zero-order valence-corrected chi connectivity index (χ0v) is 23.4. The number of Topliss-reactive ketones (excluding diaryl/α,β-unsaturated/α-hetero) is 1. The molecule has 1 heterocycles. The third-order valence-electron chi connectivity index (χ3n) is 5.64. The van der Waals surface area contributed by atoms with Crippen LogP contribution in [-0.4, -0.2) is 89.2 Å². The van der Waals surface area contributed by atoms with E-state index in [0.717, 1.165) is 6.07 Å². The first-order valence-electron chi connectivity index (χ1n) is 10.9. The Morgan fingerprint density at radius 3 is 2.35 bits per heavy atom. The van der Waals surface area contributed by atoms with Gasteiger partial charge in [0.1, 0.15) is 47.2 Å². The molecule has 1 fully saturated rings. The largest absolute Gasteiger partial charge is 0.507 e. The third-order valence-corrected chi connectivity index (χ3v) is 7.37. The van der Waals surface area contributed by atoms with Crippen LogP contribution in [0, 0.1) is 3.57 Å². The van der Waals surface area contributed by atoms with E-state index in [0.29, 0.717) is 5.56 Å². The smallest absolute Gasteiger partial charge is 0.234 e. The zero-order valence-electron chi connectivity index (χ0n) is 19.0. The molecule has 2 aromatic rings. The van der Waals surface area contributed by atoms with E-state index in [1.54, 1.807) is 28.7 Å². The Morgan fingerprint density at radius 1 is 1.00 bits per heavy atom. The van der Waals surface area contributed by atoms with Crippen molar-refractivity contribution in [2.75, 3.05) is 16.4 Å². The number of hydrogen-bond donors (Lipinski definition) is 8. The molecule has 0 aromatic heterocycles. The molecule has 1 aliphatic heterocycles. The van der Waals surface area contributed by atoms with E-state index < -0.39 is 54.6 Å². The summed E-state index contributed by atoms with van der Waals surface area (Å²) < 4.78 is 11.1. The van der Waals surface area contributed by atoms with Crippen molar-refractivity contribution in [2.24, 2.45) is 0 Å². The first kappa shape index (κ1) is 29.6. The lowest BCUT2D eigenvalue weighted by Gasteiger charge is -2.39. The van der Waals surface area contributed by atoms with E-state index in [-0.39, 0.29) is 49.5 Å². The number of nitrogens with one attached hydrogen (secondary N) is 1. The molecular weight excluding hydrogens is 720 g/mol. The monoisotopic (exact) mass is 745 g/mol. The Bertz CT molecular complexity index is 1160. The van der Waals surface area contributed by atoms with Crippen molar-refractivity contribution in [1.29, 1.82) is 0 Å². The summed E-state index contributed by atoms with van der Waals surface area (Å²) in [6.07, 6.45) is -8.11. The fraction of sp³-hybridized carbons (Fsp3) is 0.391. The van der Waals surface area contributed by atoms with Crippen molar-refractivity contribution < 1.29 is 54.8 Å². The second kappa shape index (κ2) is 12.7. The maximum absolute atomic E-state index is 13.2. The van der Waals surface area contributed by atoms with Crippen molar-refractivity contribution >= 4 is 62.6 Å². The van der Waals surface area contributed by atoms with Gasteiger partial charge in [-0.05, 0) is 46.7 Å². The number of rotatable bonds is 9. The third kappa shape index (κ3) is 6.73. The molecule has 37 heavy (non-hydrogen) atoms. The highest BCUT2D eigenvalue weighted by Crippen LogP contribution is 2.41. The lowest BCUT2D eigenvalue weighted by Crippen LogP contribution is -2.60. The second-order valence-corrected chi connectivity index (χ2v) is 10.0. The maximum Gasteiger partial charge on any atom is 0.234 e. The molecule has 0 radical (unpaired) electrons. The Labute approximate surface area is 238 Å². The van der Waals surface area contributed by atoms with Crippen LogP contribution < -0.4 is 10.1 Å². The molecule has 0 saturated carbocycles. The number of aliphatic hydroxyl groups excluding tert-OH is 4. The minimum Gasteiger partial charge on any atom is -0.507 e. The van der Waals surface area contributed by atoms with Crippen LogP contribution >= 0.6 is 45.2 Å². The Hall–Kier alpha value is -1.96. The van der Waals surface area contributed by atoms with Gasteiger partial charge in [0.2, 0.25) is 12.2 Å². The SMILES string of the molecule is O=C(CI)Nc1cc(CCC(=O)c2c(O)cc(O)c(I)c2O[C@@H]2O[C@@H](CO)[C@@H](O)[C@H](O)[C@@H]2O)ccc1O. The number of alkyl halides is 1. The number of ketones is 1. The standard InChI is InChI=1S/C23H25I2NO11/c24-7-16(32)26-10-5-9(1-3-11(10)28)2-4-12(29)17-13(30)6-14(31)18(25)22(17)37-23-21(35)20(34)19(33)15(8-27)36-23/h1,3,5-6,15,19-21,23,27-28,30-31,33-35H,2,4,7-8H2,(H,26,32)/t15-,19+,20-,21-,23-/m0/s1. The molecule has 0 unspecified atom stereocenters. The molecule has 1 aliphatic rings. The minimum absolute atomic E-state index is 0.00383. The summed E-state index contributed by atoms with van der Waals surface area (Å²) >= 11 is 3.54. The number of aliphatic hydroxyl groups is 4. The molecule has 0 aliphatic carbocycles. The van der Waals surface area contributed by atoms with Gasteiger partial charge in [0.05, 0.1) is 20.3 Å². The van der Waals surface area contributed by atoms with Gasteiger partial charge in [0.25, 0.3) is 0 Å². The topological polar surface area (TPSA) is 206 Å². The number of carbonyl (C=O) groups excluding carboxylic acids is 2. The van der Waals surface area contributed by atoms with Crippen LogP contribution in [0.25, 0.3) is 0 Å². The van der Waals surface area contributed by atoms with Gasteiger partial charge in [-0.2, -0.15) is 0 Å². The number of carbonyl (C=O) groups is 2. The van der Waals surface area contributed by atoms with Crippen molar-refractivity contribution in [1.82, 2.24) is 0 Å². The van der Waals surface area contributed by atoms with E-state index in [1.807, 2.05) is 22.6 Å². The summed E-state index contributed by atoms with van der Waals surface area (Å²) in [5.74, 6) is -2.43. The van der Waals surface area contributed by atoms with Crippen molar-refractivity contribution in [3.8, 4) is 23.0 Å². The minimum atomic E-state index is -1.78. The van der Waals surface area contributed by atoms with Crippen LogP contribution in [0.3, 0.4) is 0 Å². The van der Waals surface area contributed by atoms with Crippen LogP contribution in [0.4, 0.5) is 5.69 Å². The van der Waals surface area contributed by atoms with Gasteiger partial charge >= 0.3 is 0 Å². The van der Waals surface area contributed by atoms with E-state index >= 15 is 0 Å². The number of phenolic OH excluding ortho intramolecular Hbond substituents is 3. The summed E-state index contributed by atoms with van der Waals surface area (Å²) in [6.45, 7) is -0.702. The van der Waals surface area contributed by atoms with Crippen LogP contribution in [0.5, 0.6) is 23.0 Å². The molecule has 8 N–H and O–H groups in total. The molecule has 12 nitrogen and oxygen atoms in total. The number of aromatic hydroxyl groups is 3. The van der Waals surface area contributed by atoms with E-state index in [1.165, 1.54) is 12.1 Å². The molecule has 1 saturated heterocycles. The number of halogens is 2. The van der Waals surface area contributed by atoms with E-state index in [9.17, 15) is 45.3 Å². The number of phenols is 3. The number of ether oxygens (including phenoxy) is 2. The van der Waals surface area contributed by atoms with E-state index in [2.05, 4.69) is 5.32 Å². The molecule has 0 bridgehead atoms. The summed E-state index contributed by atoms with van der Waals surface area (Å²) in [5.41, 5.74) is 0.455. The molecular formula is C23H25I2NO11. The molecule has 202 valence electrons. The van der Waals surface area contributed by atoms with Crippen LogP contribution in [0.15, 0.2) is 24.3 Å². The van der Waals surface area contributed by atoms with Crippen LogP contribution in [0.2, 0.25) is 0 Å². The maximum atomic E-state index is 13.2. The van der Waals surface area contributed by atoms with Gasteiger partial charge in [-0.25, -0.2) is 0 Å². The number of anilines is 1. The predicted octanol–water partition coefficient (Wildman–Crippen LogP) is 0.776. The van der Waals surface area contributed by atoms with Crippen molar-refractivity contribution in [3.05, 3.63) is 39.0 Å². The van der Waals surface area contributed by atoms with Crippen LogP contribution in [0.1, 0.15) is 22.3 Å². The number of aryl methyl sites for hydroxylation is 1.